The number of aromatic nitrogens is 2. The summed E-state index contributed by atoms with van der Waals surface area (Å²) in [5, 5.41) is 11.5. The molecule has 1 aromatic rings. The maximum absolute atomic E-state index is 12.8. The highest BCUT2D eigenvalue weighted by Gasteiger charge is 2.27. The number of nitrogens with zero attached hydrogens (tertiary/aromatic N) is 6. The monoisotopic (exact) mass is 394 g/mol. The molecule has 11 nitrogen and oxygen atoms in total. The van der Waals surface area contributed by atoms with E-state index in [1.54, 1.807) is 58.8 Å². The molecule has 0 spiro atoms. The third-order valence-electron chi connectivity index (χ3n) is 3.21. The number of esters is 1. The molecule has 1 aromatic heterocycles. The Hall–Kier alpha value is -3.24. The molecule has 28 heavy (non-hydrogen) atoms. The molecule has 0 aliphatic rings. The Morgan fingerprint density at radius 2 is 1.89 bits per heavy atom. The van der Waals surface area contributed by atoms with Gasteiger partial charge in [0.2, 0.25) is 5.95 Å². The summed E-state index contributed by atoms with van der Waals surface area (Å²) < 4.78 is 6.00. The quantitative estimate of drug-likeness (QED) is 0.224. The molecule has 11 heteroatoms. The van der Waals surface area contributed by atoms with Crippen molar-refractivity contribution in [2.75, 3.05) is 28.2 Å². The summed E-state index contributed by atoms with van der Waals surface area (Å²) in [6.07, 6.45) is 4.26. The first-order valence-electron chi connectivity index (χ1n) is 8.36. The molecule has 1 rings (SSSR count). The Morgan fingerprint density at radius 3 is 2.36 bits per heavy atom. The van der Waals surface area contributed by atoms with Crippen molar-refractivity contribution >= 4 is 30.0 Å². The Labute approximate surface area is 163 Å². The molecule has 0 fully saturated rings. The van der Waals surface area contributed by atoms with Crippen LogP contribution in [0.3, 0.4) is 0 Å². The minimum absolute atomic E-state index is 0.121. The van der Waals surface area contributed by atoms with Gasteiger partial charge in [0.25, 0.3) is 0 Å². The molecule has 0 bridgehead atoms. The molecule has 0 radical (unpaired) electrons. The van der Waals surface area contributed by atoms with Crippen molar-refractivity contribution in [1.82, 2.24) is 19.4 Å². The van der Waals surface area contributed by atoms with Crippen LogP contribution in [0.1, 0.15) is 26.5 Å². The fraction of sp³-hybridized carbons (Fsp3) is 0.529. The van der Waals surface area contributed by atoms with Gasteiger partial charge in [0.15, 0.2) is 12.4 Å². The number of hydrogen-bond donors (Lipinski definition) is 0. The highest BCUT2D eigenvalue weighted by molar-refractivity contribution is 5.75. The van der Waals surface area contributed by atoms with Crippen molar-refractivity contribution in [3.63, 3.8) is 0 Å². The molecular formula is C17H26N6O5. The Kier molecular flexibility index (Phi) is 7.42. The zero-order chi connectivity index (χ0) is 21.6. The second kappa shape index (κ2) is 9.11. The predicted octanol–water partition coefficient (Wildman–Crippen LogP) is 1.45. The van der Waals surface area contributed by atoms with Gasteiger partial charge in [-0.15, -0.1) is 0 Å². The lowest BCUT2D eigenvalue weighted by Gasteiger charge is -2.18. The maximum atomic E-state index is 12.8. The largest absolute Gasteiger partial charge is 0.443 e. The molecule has 1 heterocycles. The Bertz CT molecular complexity index is 849. The van der Waals surface area contributed by atoms with Crippen LogP contribution in [0, 0.1) is 15.5 Å². The van der Waals surface area contributed by atoms with Crippen molar-refractivity contribution in [1.29, 1.82) is 0 Å². The van der Waals surface area contributed by atoms with E-state index in [-0.39, 0.29) is 11.6 Å². The van der Waals surface area contributed by atoms with Crippen molar-refractivity contribution in [2.45, 2.75) is 27.5 Å². The van der Waals surface area contributed by atoms with Gasteiger partial charge < -0.3 is 14.5 Å². The lowest BCUT2D eigenvalue weighted by molar-refractivity contribution is -0.387. The number of carbonyl (C=O) groups is 1. The normalized spacial score (nSPS) is 11.8. The number of rotatable bonds is 7. The lowest BCUT2D eigenvalue weighted by Crippen LogP contribution is -2.30. The summed E-state index contributed by atoms with van der Waals surface area (Å²) >= 11 is 0. The summed E-state index contributed by atoms with van der Waals surface area (Å²) in [6, 6.07) is 0. The van der Waals surface area contributed by atoms with Crippen molar-refractivity contribution in [3.05, 3.63) is 32.4 Å². The number of nitro groups is 1. The zero-order valence-corrected chi connectivity index (χ0v) is 17.2. The van der Waals surface area contributed by atoms with E-state index in [1.165, 1.54) is 18.6 Å². The van der Waals surface area contributed by atoms with Crippen LogP contribution < -0.4 is 5.56 Å². The Morgan fingerprint density at radius 1 is 1.29 bits per heavy atom. The van der Waals surface area contributed by atoms with E-state index in [9.17, 15) is 19.7 Å². The highest BCUT2D eigenvalue weighted by Crippen LogP contribution is 2.20. The van der Waals surface area contributed by atoms with Crippen LogP contribution >= 0.6 is 0 Å². The van der Waals surface area contributed by atoms with E-state index in [2.05, 4.69) is 9.98 Å². The van der Waals surface area contributed by atoms with E-state index < -0.39 is 34.3 Å². The first kappa shape index (κ1) is 22.8. The fourth-order valence-electron chi connectivity index (χ4n) is 1.78. The number of aliphatic imine (C=N–C) groups is 1. The van der Waals surface area contributed by atoms with Crippen LogP contribution in [0.5, 0.6) is 0 Å². The third kappa shape index (κ3) is 6.18. The van der Waals surface area contributed by atoms with Crippen molar-refractivity contribution in [2.24, 2.45) is 10.4 Å². The third-order valence-corrected chi connectivity index (χ3v) is 3.21. The smallest absolute Gasteiger partial charge is 0.359 e. The van der Waals surface area contributed by atoms with E-state index >= 15 is 0 Å². The molecule has 0 N–H and O–H groups in total. The van der Waals surface area contributed by atoms with Crippen LogP contribution in [-0.2, 0) is 16.3 Å². The second-order valence-corrected chi connectivity index (χ2v) is 7.43. The molecule has 0 saturated carbocycles. The average Bonchev–Trinajstić information content (AvgIpc) is 2.55. The van der Waals surface area contributed by atoms with Gasteiger partial charge in [-0.1, -0.05) is 0 Å². The minimum Gasteiger partial charge on any atom is -0.443 e. The topological polar surface area (TPSA) is 123 Å². The first-order valence-corrected chi connectivity index (χ1v) is 8.36. The maximum Gasteiger partial charge on any atom is 0.359 e. The zero-order valence-electron chi connectivity index (χ0n) is 17.2. The van der Waals surface area contributed by atoms with Crippen LogP contribution in [0.4, 0.5) is 11.6 Å². The van der Waals surface area contributed by atoms with E-state index in [4.69, 9.17) is 4.74 Å². The Balaban J connectivity index is 3.57. The molecule has 0 aromatic carbocycles. The van der Waals surface area contributed by atoms with Gasteiger partial charge in [-0.25, -0.2) is 14.5 Å². The summed E-state index contributed by atoms with van der Waals surface area (Å²) in [5.41, 5.74) is -2.64. The molecule has 0 aliphatic heterocycles. The number of carbonyl (C=O) groups excluding carboxylic acids is 1. The first-order chi connectivity index (χ1) is 12.8. The van der Waals surface area contributed by atoms with E-state index in [0.717, 1.165) is 4.57 Å². The van der Waals surface area contributed by atoms with Gasteiger partial charge >= 0.3 is 17.2 Å². The minimum atomic E-state index is -0.967. The second-order valence-electron chi connectivity index (χ2n) is 7.43. The summed E-state index contributed by atoms with van der Waals surface area (Å²) in [4.78, 5) is 46.9. The number of ether oxygens (including phenoxy) is 1. The predicted molar refractivity (Wildman–Crippen MR) is 105 cm³/mol. The van der Waals surface area contributed by atoms with Gasteiger partial charge in [-0.2, -0.15) is 0 Å². The standard InChI is InChI=1S/C17H26N6O5/c1-17(2,3)15(25)28-11-22-14(24)13(23(26)27)12(8-9-20(4)5)19-16(22)18-10-21(6)7/h8-10H,11H2,1-7H3/b9-8+,18-10+. The molecule has 0 atom stereocenters. The molecule has 154 valence electrons. The number of hydrogen-bond acceptors (Lipinski definition) is 8. The van der Waals surface area contributed by atoms with Gasteiger partial charge in [0.05, 0.1) is 16.7 Å². The van der Waals surface area contributed by atoms with E-state index in [1.807, 2.05) is 0 Å². The van der Waals surface area contributed by atoms with Crippen LogP contribution in [0.2, 0.25) is 0 Å². The molecule has 0 saturated heterocycles. The van der Waals surface area contributed by atoms with Crippen LogP contribution in [0.15, 0.2) is 16.0 Å². The summed E-state index contributed by atoms with van der Waals surface area (Å²) in [5.74, 6) is -0.689. The average molecular weight is 394 g/mol. The van der Waals surface area contributed by atoms with Crippen molar-refractivity contribution in [3.8, 4) is 0 Å². The van der Waals surface area contributed by atoms with Gasteiger partial charge in [0, 0.05) is 34.4 Å². The SMILES string of the molecule is CN(C)/C=C/c1nc(/N=C/N(C)C)n(COC(=O)C(C)(C)C)c(=O)c1[N+](=O)[O-]. The van der Waals surface area contributed by atoms with Gasteiger partial charge in [-0.05, 0) is 26.8 Å². The van der Waals surface area contributed by atoms with Crippen LogP contribution in [-0.4, -0.2) is 64.8 Å². The van der Waals surface area contributed by atoms with Crippen LogP contribution in [0.25, 0.3) is 6.08 Å². The molecule has 0 unspecified atom stereocenters. The van der Waals surface area contributed by atoms with E-state index in [0.29, 0.717) is 0 Å². The van der Waals surface area contributed by atoms with Crippen molar-refractivity contribution < 1.29 is 14.5 Å². The van der Waals surface area contributed by atoms with Gasteiger partial charge in [-0.3, -0.25) is 19.7 Å². The summed E-state index contributed by atoms with van der Waals surface area (Å²) in [7, 11) is 6.87. The lowest BCUT2D eigenvalue weighted by atomic mass is 9.98. The molecule has 0 aliphatic carbocycles. The molecule has 0 amide bonds. The fourth-order valence-corrected chi connectivity index (χ4v) is 1.78. The van der Waals surface area contributed by atoms with Gasteiger partial charge in [0.1, 0.15) is 0 Å². The highest BCUT2D eigenvalue weighted by atomic mass is 16.6. The summed E-state index contributed by atoms with van der Waals surface area (Å²) in [6.45, 7) is 4.41. The molecular weight excluding hydrogens is 368 g/mol.